The quantitative estimate of drug-likeness (QED) is 0.144. The number of ketones is 1. The van der Waals surface area contributed by atoms with Gasteiger partial charge in [0.15, 0.2) is 0 Å². The fourth-order valence-electron chi connectivity index (χ4n) is 3.40. The van der Waals surface area contributed by atoms with Gasteiger partial charge < -0.3 is 25.2 Å². The van der Waals surface area contributed by atoms with Crippen LogP contribution < -0.4 is 15.4 Å². The van der Waals surface area contributed by atoms with Crippen molar-refractivity contribution in [2.75, 3.05) is 31.4 Å². The summed E-state index contributed by atoms with van der Waals surface area (Å²) in [5, 5.41) is 13.6. The number of Topliss-reactive ketones (excluding diaryl/α,β-unsaturated/α-hetero) is 1. The topological polar surface area (TPSA) is 140 Å². The van der Waals surface area contributed by atoms with Gasteiger partial charge in [0.1, 0.15) is 29.7 Å². The van der Waals surface area contributed by atoms with Crippen LogP contribution in [0.25, 0.3) is 10.9 Å². The van der Waals surface area contributed by atoms with Crippen LogP contribution in [0.2, 0.25) is 0 Å². The molecular weight excluding hydrogens is 569 g/mol. The molecule has 2 heterocycles. The first-order valence-corrected chi connectivity index (χ1v) is 12.4. The molecule has 0 saturated heterocycles. The Labute approximate surface area is 243 Å². The van der Waals surface area contributed by atoms with Gasteiger partial charge in [0.05, 0.1) is 5.52 Å². The van der Waals surface area contributed by atoms with Crippen LogP contribution in [0.15, 0.2) is 66.9 Å². The van der Waals surface area contributed by atoms with Crippen molar-refractivity contribution in [2.24, 2.45) is 0 Å². The molecule has 222 valence electrons. The van der Waals surface area contributed by atoms with E-state index in [4.69, 9.17) is 19.4 Å². The lowest BCUT2D eigenvalue weighted by Crippen LogP contribution is -2.21. The van der Waals surface area contributed by atoms with Crippen molar-refractivity contribution in [1.29, 1.82) is 0 Å². The number of fused-ring (bicyclic) bond motifs is 1. The third kappa shape index (κ3) is 9.27. The molecule has 0 saturated carbocycles. The highest BCUT2D eigenvalue weighted by Gasteiger charge is 2.38. The number of aryl methyl sites for hydroxylation is 1. The highest BCUT2D eigenvalue weighted by Crippen LogP contribution is 2.32. The van der Waals surface area contributed by atoms with Crippen molar-refractivity contribution in [2.45, 2.75) is 13.1 Å². The monoisotopic (exact) mass is 594 g/mol. The number of carboxylic acid groups (broad SMARTS) is 1. The van der Waals surface area contributed by atoms with Gasteiger partial charge in [0, 0.05) is 42.9 Å². The summed E-state index contributed by atoms with van der Waals surface area (Å²) in [7, 11) is 3.28. The zero-order chi connectivity index (χ0) is 31.6. The Morgan fingerprint density at radius 1 is 0.977 bits per heavy atom. The molecule has 0 bridgehead atoms. The Morgan fingerprint density at radius 2 is 1.65 bits per heavy atom. The number of aromatic nitrogens is 2. The van der Waals surface area contributed by atoms with Crippen molar-refractivity contribution in [1.82, 2.24) is 9.97 Å². The molecule has 0 aliphatic rings. The van der Waals surface area contributed by atoms with Crippen molar-refractivity contribution in [3.8, 4) is 23.3 Å². The maximum Gasteiger partial charge on any atom is 0.490 e. The van der Waals surface area contributed by atoms with Crippen molar-refractivity contribution >= 4 is 40.2 Å². The highest BCUT2D eigenvalue weighted by molar-refractivity contribution is 6.11. The second-order valence-corrected chi connectivity index (χ2v) is 8.65. The molecule has 4 rings (SSSR count). The first-order valence-electron chi connectivity index (χ1n) is 12.4. The standard InChI is InChI=1S/C28H24N4O4.C2HF3O2/c1-18-12-13-30-27(15-18)32-28(34)19-6-9-21(10-7-19)36-25-17-26(29-2)31-23-11-8-20(16-22(23)25)24(33)5-4-14-35-3;3-2(4,5)1(6)7/h6-13,15-17H,14H2,1-3H3,(H,29,31)(H,30,32,34);(H,6,7). The zero-order valence-corrected chi connectivity index (χ0v) is 23.1. The Kier molecular flexibility index (Phi) is 10.7. The fourth-order valence-corrected chi connectivity index (χ4v) is 3.40. The third-order valence-corrected chi connectivity index (χ3v) is 5.45. The summed E-state index contributed by atoms with van der Waals surface area (Å²) in [5.41, 5.74) is 2.54. The number of aliphatic carboxylic acids is 1. The van der Waals surface area contributed by atoms with Gasteiger partial charge in [-0.25, -0.2) is 14.8 Å². The molecule has 0 aliphatic heterocycles. The van der Waals surface area contributed by atoms with E-state index in [2.05, 4.69) is 32.4 Å². The number of hydrogen-bond donors (Lipinski definition) is 3. The number of halogens is 3. The van der Waals surface area contributed by atoms with Crippen molar-refractivity contribution in [3.63, 3.8) is 0 Å². The average molecular weight is 595 g/mol. The van der Waals surface area contributed by atoms with Gasteiger partial charge in [-0.3, -0.25) is 9.59 Å². The number of pyridine rings is 2. The first-order chi connectivity index (χ1) is 20.4. The summed E-state index contributed by atoms with van der Waals surface area (Å²) in [6, 6.07) is 17.3. The van der Waals surface area contributed by atoms with E-state index in [1.165, 1.54) is 7.11 Å². The van der Waals surface area contributed by atoms with Gasteiger partial charge in [0.25, 0.3) is 5.91 Å². The van der Waals surface area contributed by atoms with E-state index in [9.17, 15) is 22.8 Å². The zero-order valence-electron chi connectivity index (χ0n) is 23.1. The van der Waals surface area contributed by atoms with Gasteiger partial charge in [-0.2, -0.15) is 13.2 Å². The van der Waals surface area contributed by atoms with Crippen LogP contribution in [0.4, 0.5) is 24.8 Å². The molecule has 0 fully saturated rings. The number of alkyl halides is 3. The van der Waals surface area contributed by atoms with E-state index >= 15 is 0 Å². The normalized spacial score (nSPS) is 10.5. The summed E-state index contributed by atoms with van der Waals surface area (Å²) < 4.78 is 42.8. The van der Waals surface area contributed by atoms with E-state index in [0.717, 1.165) is 5.56 Å². The van der Waals surface area contributed by atoms with Crippen LogP contribution in [0.5, 0.6) is 11.5 Å². The van der Waals surface area contributed by atoms with E-state index in [1.807, 2.05) is 13.0 Å². The first kappa shape index (κ1) is 32.0. The lowest BCUT2D eigenvalue weighted by atomic mass is 10.1. The molecule has 1 amide bonds. The number of anilines is 2. The molecule has 13 heteroatoms. The minimum atomic E-state index is -5.08. The predicted octanol–water partition coefficient (Wildman–Crippen LogP) is 5.49. The van der Waals surface area contributed by atoms with Gasteiger partial charge >= 0.3 is 12.1 Å². The maximum atomic E-state index is 12.6. The summed E-state index contributed by atoms with van der Waals surface area (Å²) >= 11 is 0. The van der Waals surface area contributed by atoms with Crippen LogP contribution in [0.1, 0.15) is 26.3 Å². The van der Waals surface area contributed by atoms with Gasteiger partial charge in [-0.1, -0.05) is 5.92 Å². The van der Waals surface area contributed by atoms with E-state index in [1.54, 1.807) is 67.8 Å². The molecule has 2 aromatic heterocycles. The van der Waals surface area contributed by atoms with Gasteiger partial charge in [-0.15, -0.1) is 0 Å². The second kappa shape index (κ2) is 14.4. The van der Waals surface area contributed by atoms with Gasteiger partial charge in [-0.05, 0) is 73.0 Å². The molecular formula is C30H25F3N4O6. The number of ether oxygens (including phenoxy) is 2. The molecule has 0 radical (unpaired) electrons. The maximum absolute atomic E-state index is 12.6. The number of methoxy groups -OCH3 is 1. The molecule has 10 nitrogen and oxygen atoms in total. The van der Waals surface area contributed by atoms with Crippen LogP contribution in [0.3, 0.4) is 0 Å². The number of hydrogen-bond acceptors (Lipinski definition) is 8. The number of carboxylic acids is 1. The number of nitrogens with one attached hydrogen (secondary N) is 2. The number of carbonyl (C=O) groups excluding carboxylic acids is 2. The van der Waals surface area contributed by atoms with Crippen LogP contribution in [-0.2, 0) is 9.53 Å². The lowest BCUT2D eigenvalue weighted by molar-refractivity contribution is -0.192. The summed E-state index contributed by atoms with van der Waals surface area (Å²) in [4.78, 5) is 42.6. The number of rotatable bonds is 7. The van der Waals surface area contributed by atoms with Gasteiger partial charge in [0.2, 0.25) is 5.78 Å². The molecule has 3 N–H and O–H groups in total. The number of benzene rings is 2. The number of nitrogens with zero attached hydrogens (tertiary/aromatic N) is 2. The molecule has 2 aromatic carbocycles. The Morgan fingerprint density at radius 3 is 2.26 bits per heavy atom. The van der Waals surface area contributed by atoms with Crippen LogP contribution >= 0.6 is 0 Å². The molecule has 43 heavy (non-hydrogen) atoms. The Bertz CT molecular complexity index is 1700. The smallest absolute Gasteiger partial charge is 0.475 e. The lowest BCUT2D eigenvalue weighted by Gasteiger charge is -2.12. The molecule has 0 atom stereocenters. The highest BCUT2D eigenvalue weighted by atomic mass is 19.4. The minimum Gasteiger partial charge on any atom is -0.475 e. The Hall–Kier alpha value is -5.48. The summed E-state index contributed by atoms with van der Waals surface area (Å²) in [5.74, 6) is 4.00. The van der Waals surface area contributed by atoms with E-state index < -0.39 is 12.1 Å². The summed E-state index contributed by atoms with van der Waals surface area (Å²) in [6.07, 6.45) is -3.44. The third-order valence-electron chi connectivity index (χ3n) is 5.45. The largest absolute Gasteiger partial charge is 0.490 e. The number of amides is 1. The second-order valence-electron chi connectivity index (χ2n) is 8.65. The summed E-state index contributed by atoms with van der Waals surface area (Å²) in [6.45, 7) is 2.11. The van der Waals surface area contributed by atoms with Crippen molar-refractivity contribution < 1.29 is 42.1 Å². The molecule has 4 aromatic rings. The Balaban J connectivity index is 0.000000646. The molecule has 0 aliphatic carbocycles. The van der Waals surface area contributed by atoms with E-state index in [0.29, 0.717) is 45.2 Å². The van der Waals surface area contributed by atoms with Crippen molar-refractivity contribution in [3.05, 3.63) is 83.6 Å². The van der Waals surface area contributed by atoms with Crippen LogP contribution in [0, 0.1) is 18.8 Å². The minimum absolute atomic E-state index is 0.177. The van der Waals surface area contributed by atoms with Crippen LogP contribution in [-0.4, -0.2) is 59.7 Å². The fraction of sp³-hybridized carbons (Fsp3) is 0.167. The SMILES string of the molecule is CNc1cc(Oc2ccc(C(=O)Nc3cc(C)ccn3)cc2)c2cc(C(=O)C#CCOC)ccc2n1.O=C(O)C(F)(F)F. The number of carbonyl (C=O) groups is 3. The molecule has 0 spiro atoms. The molecule has 0 unspecified atom stereocenters. The average Bonchev–Trinajstić information content (AvgIpc) is 2.97. The predicted molar refractivity (Wildman–Crippen MR) is 152 cm³/mol. The van der Waals surface area contributed by atoms with E-state index in [-0.39, 0.29) is 18.3 Å².